The van der Waals surface area contributed by atoms with Gasteiger partial charge in [0.05, 0.1) is 12.2 Å². The van der Waals surface area contributed by atoms with Crippen molar-refractivity contribution >= 4 is 0 Å². The van der Waals surface area contributed by atoms with E-state index < -0.39 is 0 Å². The summed E-state index contributed by atoms with van der Waals surface area (Å²) in [5.74, 6) is 0.572. The van der Waals surface area contributed by atoms with E-state index in [1.54, 1.807) is 0 Å². The molecule has 0 saturated carbocycles. The van der Waals surface area contributed by atoms with Crippen LogP contribution in [0.5, 0.6) is 0 Å². The molecule has 0 aromatic carbocycles. The highest BCUT2D eigenvalue weighted by Crippen LogP contribution is 2.29. The van der Waals surface area contributed by atoms with Gasteiger partial charge in [0.2, 0.25) is 0 Å². The lowest BCUT2D eigenvalue weighted by atomic mass is 9.87. The minimum atomic E-state index is 0.296. The van der Waals surface area contributed by atoms with Crippen LogP contribution in [0, 0.1) is 5.92 Å². The molecule has 1 saturated heterocycles. The molecule has 0 radical (unpaired) electrons. The van der Waals surface area contributed by atoms with Crippen LogP contribution >= 0.6 is 0 Å². The van der Waals surface area contributed by atoms with Gasteiger partial charge >= 0.3 is 0 Å². The second-order valence-electron chi connectivity index (χ2n) is 4.67. The van der Waals surface area contributed by atoms with Crippen LogP contribution in [-0.4, -0.2) is 18.8 Å². The molecule has 2 N–H and O–H groups in total. The molecular weight excluding hydrogens is 186 g/mol. The molecule has 2 rings (SSSR count). The van der Waals surface area contributed by atoms with Gasteiger partial charge in [0, 0.05) is 12.5 Å². The van der Waals surface area contributed by atoms with Crippen molar-refractivity contribution in [2.45, 2.75) is 44.8 Å². The molecule has 0 spiro atoms. The average Bonchev–Trinajstić information content (AvgIpc) is 2.30. The summed E-state index contributed by atoms with van der Waals surface area (Å²) >= 11 is 0. The first kappa shape index (κ1) is 10.9. The van der Waals surface area contributed by atoms with Crippen LogP contribution in [-0.2, 0) is 4.74 Å². The molecule has 1 aliphatic carbocycles. The van der Waals surface area contributed by atoms with Gasteiger partial charge in [0.1, 0.15) is 0 Å². The largest absolute Gasteiger partial charge is 0.373 e. The van der Waals surface area contributed by atoms with Crippen LogP contribution in [0.3, 0.4) is 0 Å². The first-order valence-corrected chi connectivity index (χ1v) is 6.00. The Labute approximate surface area is 92.2 Å². The number of hydrogen-bond donors (Lipinski definition) is 1. The van der Waals surface area contributed by atoms with Gasteiger partial charge in [-0.25, -0.2) is 0 Å². The van der Waals surface area contributed by atoms with Crippen molar-refractivity contribution in [1.82, 2.24) is 0 Å². The first-order valence-electron chi connectivity index (χ1n) is 6.00. The predicted octanol–water partition coefficient (Wildman–Crippen LogP) is 2.41. The number of nitrogens with two attached hydrogens (primary N) is 1. The maximum Gasteiger partial charge on any atom is 0.0701 e. The molecule has 84 valence electrons. The number of hydrogen-bond acceptors (Lipinski definition) is 2. The lowest BCUT2D eigenvalue weighted by Gasteiger charge is -2.34. The van der Waals surface area contributed by atoms with E-state index in [2.05, 4.69) is 25.2 Å². The van der Waals surface area contributed by atoms with Crippen molar-refractivity contribution in [3.63, 3.8) is 0 Å². The van der Waals surface area contributed by atoms with Gasteiger partial charge in [-0.05, 0) is 32.6 Å². The summed E-state index contributed by atoms with van der Waals surface area (Å²) in [6, 6.07) is 0. The fraction of sp³-hybridized carbons (Fsp3) is 0.692. The smallest absolute Gasteiger partial charge is 0.0701 e. The zero-order valence-corrected chi connectivity index (χ0v) is 9.49. The molecule has 2 aliphatic rings. The second kappa shape index (κ2) is 4.95. The zero-order chi connectivity index (χ0) is 10.7. The SMILES string of the molecule is CC1=CCC([C@@H]2CCC[C@H](CN)O2)C=C1. The van der Waals surface area contributed by atoms with Gasteiger partial charge < -0.3 is 10.5 Å². The predicted molar refractivity (Wildman–Crippen MR) is 62.6 cm³/mol. The summed E-state index contributed by atoms with van der Waals surface area (Å²) in [6.07, 6.45) is 12.2. The summed E-state index contributed by atoms with van der Waals surface area (Å²) in [4.78, 5) is 0. The van der Waals surface area contributed by atoms with Gasteiger partial charge in [-0.1, -0.05) is 23.8 Å². The normalized spacial score (nSPS) is 36.4. The number of allylic oxidation sites excluding steroid dienone is 3. The minimum Gasteiger partial charge on any atom is -0.373 e. The third kappa shape index (κ3) is 2.70. The highest BCUT2D eigenvalue weighted by atomic mass is 16.5. The van der Waals surface area contributed by atoms with Crippen LogP contribution in [0.2, 0.25) is 0 Å². The van der Waals surface area contributed by atoms with Gasteiger partial charge in [0.15, 0.2) is 0 Å². The van der Waals surface area contributed by atoms with Gasteiger partial charge in [-0.2, -0.15) is 0 Å². The molecular formula is C13H21NO. The van der Waals surface area contributed by atoms with Gasteiger partial charge in [0.25, 0.3) is 0 Å². The van der Waals surface area contributed by atoms with Crippen LogP contribution < -0.4 is 5.73 Å². The molecule has 3 atom stereocenters. The van der Waals surface area contributed by atoms with E-state index in [0.717, 1.165) is 12.8 Å². The van der Waals surface area contributed by atoms with E-state index in [-0.39, 0.29) is 0 Å². The molecule has 0 amide bonds. The first-order chi connectivity index (χ1) is 7.29. The average molecular weight is 207 g/mol. The van der Waals surface area contributed by atoms with Gasteiger partial charge in [-0.15, -0.1) is 0 Å². The number of ether oxygens (including phenoxy) is 1. The number of rotatable bonds is 2. The Morgan fingerprint density at radius 3 is 3.00 bits per heavy atom. The Morgan fingerprint density at radius 2 is 2.33 bits per heavy atom. The Bertz CT molecular complexity index is 270. The summed E-state index contributed by atoms with van der Waals surface area (Å²) in [6.45, 7) is 2.82. The lowest BCUT2D eigenvalue weighted by molar-refractivity contribution is -0.0633. The van der Waals surface area contributed by atoms with Crippen LogP contribution in [0.1, 0.15) is 32.6 Å². The van der Waals surface area contributed by atoms with E-state index in [0.29, 0.717) is 24.7 Å². The fourth-order valence-corrected chi connectivity index (χ4v) is 2.44. The van der Waals surface area contributed by atoms with Crippen molar-refractivity contribution in [3.05, 3.63) is 23.8 Å². The van der Waals surface area contributed by atoms with E-state index in [9.17, 15) is 0 Å². The third-order valence-corrected chi connectivity index (χ3v) is 3.44. The van der Waals surface area contributed by atoms with E-state index >= 15 is 0 Å². The molecule has 1 heterocycles. The molecule has 0 aromatic heterocycles. The highest BCUT2D eigenvalue weighted by molar-refractivity contribution is 5.22. The maximum absolute atomic E-state index is 6.00. The molecule has 15 heavy (non-hydrogen) atoms. The summed E-state index contributed by atoms with van der Waals surface area (Å²) in [5, 5.41) is 0. The Hall–Kier alpha value is -0.600. The fourth-order valence-electron chi connectivity index (χ4n) is 2.44. The molecule has 0 aromatic rings. The summed E-state index contributed by atoms with van der Waals surface area (Å²) in [7, 11) is 0. The highest BCUT2D eigenvalue weighted by Gasteiger charge is 2.27. The zero-order valence-electron chi connectivity index (χ0n) is 9.49. The Balaban J connectivity index is 1.91. The molecule has 2 heteroatoms. The van der Waals surface area contributed by atoms with Crippen molar-refractivity contribution in [1.29, 1.82) is 0 Å². The van der Waals surface area contributed by atoms with Gasteiger partial charge in [-0.3, -0.25) is 0 Å². The molecule has 1 aliphatic heterocycles. The summed E-state index contributed by atoms with van der Waals surface area (Å²) in [5.41, 5.74) is 7.03. The molecule has 1 unspecified atom stereocenters. The quantitative estimate of drug-likeness (QED) is 0.754. The van der Waals surface area contributed by atoms with Crippen molar-refractivity contribution in [2.24, 2.45) is 11.7 Å². The topological polar surface area (TPSA) is 35.2 Å². The Kier molecular flexibility index (Phi) is 3.60. The Morgan fingerprint density at radius 1 is 1.47 bits per heavy atom. The van der Waals surface area contributed by atoms with E-state index in [1.165, 1.54) is 18.4 Å². The minimum absolute atomic E-state index is 0.296. The monoisotopic (exact) mass is 207 g/mol. The van der Waals surface area contributed by atoms with Crippen LogP contribution in [0.4, 0.5) is 0 Å². The maximum atomic E-state index is 6.00. The van der Waals surface area contributed by atoms with Crippen molar-refractivity contribution in [2.75, 3.05) is 6.54 Å². The summed E-state index contributed by atoms with van der Waals surface area (Å²) < 4.78 is 6.00. The molecule has 0 bridgehead atoms. The van der Waals surface area contributed by atoms with Crippen LogP contribution in [0.25, 0.3) is 0 Å². The standard InChI is InChI=1S/C13H21NO/c1-10-5-7-11(8-6-10)13-4-2-3-12(9-14)15-13/h5-7,11-13H,2-4,8-9,14H2,1H3/t11?,12-,13+/m1/s1. The van der Waals surface area contributed by atoms with Crippen LogP contribution in [0.15, 0.2) is 23.8 Å². The molecule has 1 fully saturated rings. The van der Waals surface area contributed by atoms with Crippen molar-refractivity contribution < 1.29 is 4.74 Å². The van der Waals surface area contributed by atoms with E-state index in [4.69, 9.17) is 10.5 Å². The molecule has 2 nitrogen and oxygen atoms in total. The third-order valence-electron chi connectivity index (χ3n) is 3.44. The van der Waals surface area contributed by atoms with E-state index in [1.807, 2.05) is 0 Å². The van der Waals surface area contributed by atoms with Crippen molar-refractivity contribution in [3.8, 4) is 0 Å². The second-order valence-corrected chi connectivity index (χ2v) is 4.67. The lowest BCUT2D eigenvalue weighted by Crippen LogP contribution is -2.36.